The van der Waals surface area contributed by atoms with Crippen molar-refractivity contribution in [3.63, 3.8) is 0 Å². The molecule has 1 aliphatic carbocycles. The van der Waals surface area contributed by atoms with Crippen LogP contribution < -0.4 is 0 Å². The van der Waals surface area contributed by atoms with Crippen LogP contribution in [0.25, 0.3) is 0 Å². The molecule has 0 aliphatic heterocycles. The summed E-state index contributed by atoms with van der Waals surface area (Å²) in [6.07, 6.45) is 3.48. The number of rotatable bonds is 5. The molecule has 1 aromatic rings. The molecule has 0 saturated heterocycles. The van der Waals surface area contributed by atoms with E-state index in [2.05, 4.69) is 4.74 Å². The number of hydrogen-bond donors (Lipinski definition) is 0. The zero-order chi connectivity index (χ0) is 13.8. The van der Waals surface area contributed by atoms with E-state index in [1.54, 1.807) is 19.1 Å². The highest BCUT2D eigenvalue weighted by Crippen LogP contribution is 2.44. The molecule has 4 heteroatoms. The summed E-state index contributed by atoms with van der Waals surface area (Å²) in [5, 5.41) is 0.646. The monoisotopic (exact) mass is 282 g/mol. The lowest BCUT2D eigenvalue weighted by molar-refractivity contribution is -0.140. The molecule has 1 fully saturated rings. The number of carbonyl (C=O) groups excluding carboxylic acids is 1. The molecule has 19 heavy (non-hydrogen) atoms. The van der Waals surface area contributed by atoms with Crippen LogP contribution in [0.2, 0.25) is 5.02 Å². The van der Waals surface area contributed by atoms with E-state index >= 15 is 0 Å². The Morgan fingerprint density at radius 1 is 1.47 bits per heavy atom. The minimum atomic E-state index is -0.887. The Hall–Kier alpha value is -1.35. The summed E-state index contributed by atoms with van der Waals surface area (Å²) >= 11 is 5.85. The quantitative estimate of drug-likeness (QED) is 0.596. The summed E-state index contributed by atoms with van der Waals surface area (Å²) in [6, 6.07) is 7.31. The van der Waals surface area contributed by atoms with Crippen molar-refractivity contribution in [1.82, 2.24) is 0 Å². The molecule has 1 aliphatic rings. The average Bonchev–Trinajstić information content (AvgIpc) is 3.21. The Balaban J connectivity index is 2.19. The summed E-state index contributed by atoms with van der Waals surface area (Å²) < 4.78 is 18.4. The first-order valence-corrected chi connectivity index (χ1v) is 6.79. The van der Waals surface area contributed by atoms with Crippen LogP contribution in [0.3, 0.4) is 0 Å². The molecule has 1 unspecified atom stereocenters. The number of allylic oxidation sites excluding steroid dienone is 1. The maximum absolute atomic E-state index is 13.7. The van der Waals surface area contributed by atoms with Gasteiger partial charge in [0.15, 0.2) is 0 Å². The van der Waals surface area contributed by atoms with E-state index < -0.39 is 11.8 Å². The molecule has 102 valence electrons. The summed E-state index contributed by atoms with van der Waals surface area (Å²) in [5.41, 5.74) is 0.978. The van der Waals surface area contributed by atoms with Gasteiger partial charge in [-0.3, -0.25) is 0 Å². The molecule has 2 nitrogen and oxygen atoms in total. The van der Waals surface area contributed by atoms with E-state index in [0.717, 1.165) is 18.4 Å². The van der Waals surface area contributed by atoms with E-state index in [9.17, 15) is 9.18 Å². The first-order valence-electron chi connectivity index (χ1n) is 6.41. The van der Waals surface area contributed by atoms with Crippen molar-refractivity contribution in [2.24, 2.45) is 5.92 Å². The largest absolute Gasteiger partial charge is 0.461 e. The van der Waals surface area contributed by atoms with Crippen molar-refractivity contribution >= 4 is 17.6 Å². The molecule has 0 aromatic heterocycles. The molecule has 0 spiro atoms. The zero-order valence-corrected chi connectivity index (χ0v) is 11.5. The fourth-order valence-corrected chi connectivity index (χ4v) is 2.20. The third-order valence-electron chi connectivity index (χ3n) is 3.18. The van der Waals surface area contributed by atoms with Crippen molar-refractivity contribution in [2.75, 3.05) is 6.61 Å². The first-order chi connectivity index (χ1) is 9.11. The molecule has 1 atom stereocenters. The summed E-state index contributed by atoms with van der Waals surface area (Å²) in [6.45, 7) is 1.83. The number of halogens is 2. The van der Waals surface area contributed by atoms with Gasteiger partial charge in [-0.1, -0.05) is 23.7 Å². The maximum atomic E-state index is 13.7. The molecule has 1 saturated carbocycles. The van der Waals surface area contributed by atoms with Gasteiger partial charge in [0.1, 0.15) is 0 Å². The van der Waals surface area contributed by atoms with E-state index in [4.69, 9.17) is 11.6 Å². The van der Waals surface area contributed by atoms with Crippen LogP contribution in [-0.4, -0.2) is 12.6 Å². The van der Waals surface area contributed by atoms with Gasteiger partial charge >= 0.3 is 5.97 Å². The van der Waals surface area contributed by atoms with Crippen LogP contribution in [0.1, 0.15) is 31.2 Å². The van der Waals surface area contributed by atoms with Gasteiger partial charge in [-0.15, -0.1) is 0 Å². The van der Waals surface area contributed by atoms with Crippen molar-refractivity contribution in [3.05, 3.63) is 46.8 Å². The number of esters is 1. The highest BCUT2D eigenvalue weighted by molar-refractivity contribution is 6.30. The van der Waals surface area contributed by atoms with Crippen LogP contribution in [-0.2, 0) is 9.53 Å². The Labute approximate surface area is 117 Å². The third-order valence-corrected chi connectivity index (χ3v) is 3.43. The normalized spacial score (nSPS) is 17.1. The maximum Gasteiger partial charge on any atom is 0.366 e. The van der Waals surface area contributed by atoms with Crippen LogP contribution in [0.15, 0.2) is 36.2 Å². The number of ether oxygens (including phenoxy) is 1. The van der Waals surface area contributed by atoms with Crippen molar-refractivity contribution in [2.45, 2.75) is 25.7 Å². The van der Waals surface area contributed by atoms with Gasteiger partial charge < -0.3 is 4.74 Å². The lowest BCUT2D eigenvalue weighted by Gasteiger charge is -2.12. The molecule has 1 aromatic carbocycles. The fraction of sp³-hybridized carbons (Fsp3) is 0.400. The zero-order valence-electron chi connectivity index (χ0n) is 10.7. The Morgan fingerprint density at radius 3 is 2.63 bits per heavy atom. The van der Waals surface area contributed by atoms with Gasteiger partial charge in [-0.25, -0.2) is 4.79 Å². The average molecular weight is 283 g/mol. The second-order valence-corrected chi connectivity index (χ2v) is 5.09. The fourth-order valence-electron chi connectivity index (χ4n) is 2.07. The molecule has 2 rings (SSSR count). The Kier molecular flexibility index (Phi) is 4.59. The Bertz CT molecular complexity index is 477. The number of carbonyl (C=O) groups is 1. The molecule has 0 radical (unpaired) electrons. The second kappa shape index (κ2) is 6.20. The van der Waals surface area contributed by atoms with E-state index in [0.29, 0.717) is 10.9 Å². The summed E-state index contributed by atoms with van der Waals surface area (Å²) in [5.74, 6) is -1.38. The van der Waals surface area contributed by atoms with Gasteiger partial charge in [0, 0.05) is 10.9 Å². The molecule has 0 bridgehead atoms. The topological polar surface area (TPSA) is 26.3 Å². The minimum Gasteiger partial charge on any atom is -0.461 e. The molecular weight excluding hydrogens is 267 g/mol. The van der Waals surface area contributed by atoms with Crippen molar-refractivity contribution < 1.29 is 13.9 Å². The van der Waals surface area contributed by atoms with E-state index in [1.165, 1.54) is 6.08 Å². The van der Waals surface area contributed by atoms with Crippen molar-refractivity contribution in [1.29, 1.82) is 0 Å². The second-order valence-electron chi connectivity index (χ2n) is 4.65. The van der Waals surface area contributed by atoms with Gasteiger partial charge in [0.2, 0.25) is 5.83 Å². The first kappa shape index (κ1) is 14.1. The van der Waals surface area contributed by atoms with Crippen LogP contribution >= 0.6 is 11.6 Å². The predicted molar refractivity (Wildman–Crippen MR) is 72.7 cm³/mol. The molecule has 0 amide bonds. The highest BCUT2D eigenvalue weighted by Gasteiger charge is 2.32. The SMILES string of the molecule is CCOC(=O)/C(F)=C/C(c1ccc(Cl)cc1)C1CC1. The van der Waals surface area contributed by atoms with E-state index in [1.807, 2.05) is 12.1 Å². The lowest BCUT2D eigenvalue weighted by Crippen LogP contribution is -2.07. The van der Waals surface area contributed by atoms with E-state index in [-0.39, 0.29) is 12.5 Å². The van der Waals surface area contributed by atoms with Crippen LogP contribution in [0.5, 0.6) is 0 Å². The third kappa shape index (κ3) is 3.80. The molecular formula is C15H16ClFO2. The lowest BCUT2D eigenvalue weighted by atomic mass is 9.93. The minimum absolute atomic E-state index is 0.0818. The van der Waals surface area contributed by atoms with Gasteiger partial charge in [0.05, 0.1) is 6.61 Å². The van der Waals surface area contributed by atoms with Crippen molar-refractivity contribution in [3.8, 4) is 0 Å². The van der Waals surface area contributed by atoms with Gasteiger partial charge in [-0.2, -0.15) is 4.39 Å². The standard InChI is InChI=1S/C15H16ClFO2/c1-2-19-15(18)14(17)9-13(10-3-4-10)11-5-7-12(16)8-6-11/h5-10,13H,2-4H2,1H3/b14-9-. The molecule has 0 N–H and O–H groups in total. The number of benzene rings is 1. The molecule has 0 heterocycles. The summed E-state index contributed by atoms with van der Waals surface area (Å²) in [4.78, 5) is 11.3. The number of hydrogen-bond acceptors (Lipinski definition) is 2. The van der Waals surface area contributed by atoms with Gasteiger partial charge in [0.25, 0.3) is 0 Å². The van der Waals surface area contributed by atoms with Crippen LogP contribution in [0.4, 0.5) is 4.39 Å². The Morgan fingerprint density at radius 2 is 2.11 bits per heavy atom. The van der Waals surface area contributed by atoms with Crippen LogP contribution in [0, 0.1) is 5.92 Å². The summed E-state index contributed by atoms with van der Waals surface area (Å²) in [7, 11) is 0. The smallest absolute Gasteiger partial charge is 0.366 e. The van der Waals surface area contributed by atoms with Gasteiger partial charge in [-0.05, 0) is 49.5 Å². The highest BCUT2D eigenvalue weighted by atomic mass is 35.5. The predicted octanol–water partition coefficient (Wildman–Crippen LogP) is 4.25.